The van der Waals surface area contributed by atoms with Crippen LogP contribution in [0.15, 0.2) is 54.6 Å². The van der Waals surface area contributed by atoms with Crippen LogP contribution < -0.4 is 5.32 Å². The van der Waals surface area contributed by atoms with Crippen molar-refractivity contribution < 1.29 is 24.9 Å². The number of aromatic hydroxyl groups is 1. The van der Waals surface area contributed by atoms with E-state index < -0.39 is 12.2 Å². The number of aryl methyl sites for hydroxylation is 1. The van der Waals surface area contributed by atoms with Crippen molar-refractivity contribution in [3.05, 3.63) is 65.7 Å². The van der Waals surface area contributed by atoms with Gasteiger partial charge in [0.2, 0.25) is 11.8 Å². The predicted molar refractivity (Wildman–Crippen MR) is 109 cm³/mol. The molecule has 0 spiro atoms. The Bertz CT molecular complexity index is 867. The van der Waals surface area contributed by atoms with E-state index in [4.69, 9.17) is 0 Å². The summed E-state index contributed by atoms with van der Waals surface area (Å²) >= 11 is 0. The molecule has 0 bridgehead atoms. The van der Waals surface area contributed by atoms with Crippen molar-refractivity contribution in [2.24, 2.45) is 0 Å². The molecular weight excluding hydrogens is 372 g/mol. The van der Waals surface area contributed by atoms with E-state index in [0.29, 0.717) is 18.5 Å². The zero-order valence-electron chi connectivity index (χ0n) is 15.9. The maximum atomic E-state index is 12.2. The van der Waals surface area contributed by atoms with Gasteiger partial charge in [-0.1, -0.05) is 24.3 Å². The van der Waals surface area contributed by atoms with Gasteiger partial charge in [0.25, 0.3) is 0 Å². The Morgan fingerprint density at radius 2 is 1.62 bits per heavy atom. The second-order valence-electron chi connectivity index (χ2n) is 7.04. The summed E-state index contributed by atoms with van der Waals surface area (Å²) in [6.45, 7) is 0.339. The second-order valence-corrected chi connectivity index (χ2v) is 7.04. The van der Waals surface area contributed by atoms with E-state index in [9.17, 15) is 24.9 Å². The third-order valence-corrected chi connectivity index (χ3v) is 4.78. The number of phenols is 1. The number of aliphatic hydroxyl groups is 2. The molecule has 0 aliphatic carbocycles. The number of anilines is 1. The summed E-state index contributed by atoms with van der Waals surface area (Å²) in [7, 11) is 0. The summed E-state index contributed by atoms with van der Waals surface area (Å²) in [6.07, 6.45) is 2.16. The van der Waals surface area contributed by atoms with Crippen LogP contribution in [0.5, 0.6) is 5.75 Å². The van der Waals surface area contributed by atoms with Crippen LogP contribution in [0.1, 0.15) is 17.5 Å². The number of aliphatic hydroxyl groups excluding tert-OH is 2. The third kappa shape index (κ3) is 5.91. The minimum Gasteiger partial charge on any atom is -0.508 e. The van der Waals surface area contributed by atoms with Crippen LogP contribution >= 0.6 is 0 Å². The molecule has 2 aromatic rings. The standard InChI is InChI=1S/C22H24N2O5/c25-18-9-3-16(4-10-18)5-11-21(28)23-17-7-1-15(2-8-17)6-12-22(29)24-13-19(26)20(27)14-24/h1-5,7-11,19-20,25-27H,6,12-14H2,(H,23,28)/b11-5+/t19-,20-/m1/s1. The van der Waals surface area contributed by atoms with E-state index in [0.717, 1.165) is 11.1 Å². The van der Waals surface area contributed by atoms with Gasteiger partial charge in [-0.3, -0.25) is 9.59 Å². The van der Waals surface area contributed by atoms with Gasteiger partial charge >= 0.3 is 0 Å². The Hall–Kier alpha value is -3.16. The van der Waals surface area contributed by atoms with Gasteiger partial charge in [-0.2, -0.15) is 0 Å². The van der Waals surface area contributed by atoms with Crippen LogP contribution in [0.4, 0.5) is 5.69 Å². The van der Waals surface area contributed by atoms with E-state index in [1.807, 2.05) is 12.1 Å². The Kier molecular flexibility index (Phi) is 6.64. The van der Waals surface area contributed by atoms with Gasteiger partial charge in [0.05, 0.1) is 12.2 Å². The first-order valence-electron chi connectivity index (χ1n) is 9.41. The maximum Gasteiger partial charge on any atom is 0.248 e. The van der Waals surface area contributed by atoms with Gasteiger partial charge in [0.1, 0.15) is 5.75 Å². The predicted octanol–water partition coefficient (Wildman–Crippen LogP) is 1.54. The lowest BCUT2D eigenvalue weighted by Gasteiger charge is -2.15. The SMILES string of the molecule is O=C(/C=C/c1ccc(O)cc1)Nc1ccc(CCC(=O)N2C[C@@H](O)[C@H](O)C2)cc1. The van der Waals surface area contributed by atoms with Gasteiger partial charge in [-0.15, -0.1) is 0 Å². The molecular formula is C22H24N2O5. The number of amides is 2. The van der Waals surface area contributed by atoms with E-state index in [2.05, 4.69) is 5.32 Å². The molecule has 2 atom stereocenters. The van der Waals surface area contributed by atoms with Gasteiger partial charge in [0.15, 0.2) is 0 Å². The van der Waals surface area contributed by atoms with Crippen molar-refractivity contribution in [3.63, 3.8) is 0 Å². The molecule has 2 amide bonds. The van der Waals surface area contributed by atoms with Crippen molar-refractivity contribution >= 4 is 23.6 Å². The molecule has 0 saturated carbocycles. The third-order valence-electron chi connectivity index (χ3n) is 4.78. The lowest BCUT2D eigenvalue weighted by Crippen LogP contribution is -2.29. The molecule has 7 nitrogen and oxygen atoms in total. The number of rotatable bonds is 6. The molecule has 1 aliphatic rings. The van der Waals surface area contributed by atoms with Gasteiger partial charge < -0.3 is 25.5 Å². The first kappa shape index (κ1) is 20.6. The van der Waals surface area contributed by atoms with Gasteiger partial charge in [0, 0.05) is 31.3 Å². The molecule has 29 heavy (non-hydrogen) atoms. The number of nitrogens with one attached hydrogen (secondary N) is 1. The monoisotopic (exact) mass is 396 g/mol. The molecule has 152 valence electrons. The first-order valence-corrected chi connectivity index (χ1v) is 9.41. The fourth-order valence-corrected chi connectivity index (χ4v) is 3.08. The Balaban J connectivity index is 1.46. The molecule has 1 aliphatic heterocycles. The molecule has 1 fully saturated rings. The van der Waals surface area contributed by atoms with E-state index >= 15 is 0 Å². The van der Waals surface area contributed by atoms with Crippen LogP contribution in [0.2, 0.25) is 0 Å². The maximum absolute atomic E-state index is 12.2. The highest BCUT2D eigenvalue weighted by atomic mass is 16.3. The van der Waals surface area contributed by atoms with Crippen LogP contribution in [0.3, 0.4) is 0 Å². The Labute approximate surface area is 168 Å². The Morgan fingerprint density at radius 3 is 2.24 bits per heavy atom. The van der Waals surface area contributed by atoms with E-state index in [-0.39, 0.29) is 30.7 Å². The summed E-state index contributed by atoms with van der Waals surface area (Å²) in [6, 6.07) is 13.8. The number of carbonyl (C=O) groups is 2. The van der Waals surface area contributed by atoms with Crippen molar-refractivity contribution in [2.45, 2.75) is 25.0 Å². The number of nitrogens with zero attached hydrogens (tertiary/aromatic N) is 1. The summed E-state index contributed by atoms with van der Waals surface area (Å²) in [5.74, 6) is -0.200. The number of carbonyl (C=O) groups excluding carboxylic acids is 2. The van der Waals surface area contributed by atoms with Crippen LogP contribution in [0, 0.1) is 0 Å². The lowest BCUT2D eigenvalue weighted by molar-refractivity contribution is -0.130. The zero-order valence-corrected chi connectivity index (χ0v) is 15.9. The molecule has 0 radical (unpaired) electrons. The smallest absolute Gasteiger partial charge is 0.248 e. The summed E-state index contributed by atoms with van der Waals surface area (Å²) in [5.41, 5.74) is 2.40. The molecule has 4 N–H and O–H groups in total. The normalized spacial score (nSPS) is 18.9. The largest absolute Gasteiger partial charge is 0.508 e. The number of likely N-dealkylation sites (tertiary alicyclic amines) is 1. The lowest BCUT2D eigenvalue weighted by atomic mass is 10.1. The van der Waals surface area contributed by atoms with E-state index in [1.165, 1.54) is 11.0 Å². The number of phenolic OH excluding ortho intramolecular Hbond substituents is 1. The second kappa shape index (κ2) is 9.36. The highest BCUT2D eigenvalue weighted by Gasteiger charge is 2.31. The first-order chi connectivity index (χ1) is 13.9. The van der Waals surface area contributed by atoms with Crippen LogP contribution in [-0.4, -0.2) is 57.3 Å². The average molecular weight is 396 g/mol. The number of benzene rings is 2. The topological polar surface area (TPSA) is 110 Å². The van der Waals surface area contributed by atoms with Gasteiger partial charge in [-0.05, 0) is 47.9 Å². The molecule has 0 aromatic heterocycles. The van der Waals surface area contributed by atoms with Crippen molar-refractivity contribution in [2.75, 3.05) is 18.4 Å². The molecule has 7 heteroatoms. The minimum atomic E-state index is -0.870. The number of hydrogen-bond acceptors (Lipinski definition) is 5. The molecule has 0 unspecified atom stereocenters. The summed E-state index contributed by atoms with van der Waals surface area (Å²) in [4.78, 5) is 25.6. The quantitative estimate of drug-likeness (QED) is 0.554. The summed E-state index contributed by atoms with van der Waals surface area (Å²) < 4.78 is 0. The number of hydrogen-bond donors (Lipinski definition) is 4. The molecule has 3 rings (SSSR count). The number of β-amino-alcohol motifs (C(OH)–C–C–N with tert-alkyl or cyclic N) is 2. The molecule has 1 heterocycles. The van der Waals surface area contributed by atoms with Gasteiger partial charge in [-0.25, -0.2) is 0 Å². The van der Waals surface area contributed by atoms with E-state index in [1.54, 1.807) is 42.5 Å². The van der Waals surface area contributed by atoms with Crippen molar-refractivity contribution in [1.29, 1.82) is 0 Å². The van der Waals surface area contributed by atoms with Crippen molar-refractivity contribution in [3.8, 4) is 5.75 Å². The molecule has 1 saturated heterocycles. The highest BCUT2D eigenvalue weighted by molar-refractivity contribution is 6.01. The fraction of sp³-hybridized carbons (Fsp3) is 0.273. The zero-order chi connectivity index (χ0) is 20.8. The summed E-state index contributed by atoms with van der Waals surface area (Å²) in [5, 5.41) is 31.1. The highest BCUT2D eigenvalue weighted by Crippen LogP contribution is 2.15. The van der Waals surface area contributed by atoms with Crippen LogP contribution in [-0.2, 0) is 16.0 Å². The fourth-order valence-electron chi connectivity index (χ4n) is 3.08. The van der Waals surface area contributed by atoms with Crippen LogP contribution in [0.25, 0.3) is 6.08 Å². The minimum absolute atomic E-state index is 0.0997. The van der Waals surface area contributed by atoms with Crippen molar-refractivity contribution in [1.82, 2.24) is 4.90 Å². The molecule has 2 aromatic carbocycles. The average Bonchev–Trinajstić information content (AvgIpc) is 3.05. The Morgan fingerprint density at radius 1 is 1.00 bits per heavy atom.